The maximum absolute atomic E-state index is 13.0. The zero-order valence-corrected chi connectivity index (χ0v) is 22.7. The molecule has 1 aliphatic carbocycles. The molecule has 1 fully saturated rings. The number of nitrogens with zero attached hydrogens (tertiary/aromatic N) is 1. The smallest absolute Gasteiger partial charge is 0.449 e. The van der Waals surface area contributed by atoms with Gasteiger partial charge in [-0.1, -0.05) is 54.6 Å². The third-order valence-electron chi connectivity index (χ3n) is 8.17. The summed E-state index contributed by atoms with van der Waals surface area (Å²) >= 11 is 0. The molecule has 2 aliphatic rings. The van der Waals surface area contributed by atoms with Crippen LogP contribution >= 0.6 is 0 Å². The van der Waals surface area contributed by atoms with Crippen LogP contribution in [0.5, 0.6) is 0 Å². The van der Waals surface area contributed by atoms with Crippen molar-refractivity contribution in [1.29, 1.82) is 0 Å². The average Bonchev–Trinajstić information content (AvgIpc) is 3.58. The van der Waals surface area contributed by atoms with E-state index in [-0.39, 0.29) is 19.1 Å². The molecular formula is C31H32BN3O4. The molecule has 0 unspecified atom stereocenters. The molecule has 4 aromatic rings. The Morgan fingerprint density at radius 3 is 2.31 bits per heavy atom. The van der Waals surface area contributed by atoms with Gasteiger partial charge in [-0.25, -0.2) is 9.78 Å². The summed E-state index contributed by atoms with van der Waals surface area (Å²) in [5.41, 5.74) is 6.26. The second-order valence-electron chi connectivity index (χ2n) is 11.1. The Morgan fingerprint density at radius 2 is 1.64 bits per heavy atom. The van der Waals surface area contributed by atoms with E-state index in [0.717, 1.165) is 22.1 Å². The van der Waals surface area contributed by atoms with E-state index in [9.17, 15) is 4.79 Å². The zero-order chi connectivity index (χ0) is 27.2. The van der Waals surface area contributed by atoms with Crippen molar-refractivity contribution in [2.45, 2.75) is 44.8 Å². The highest BCUT2D eigenvalue weighted by atomic mass is 16.7. The van der Waals surface area contributed by atoms with Gasteiger partial charge >= 0.3 is 13.2 Å². The minimum atomic E-state index is -0.619. The van der Waals surface area contributed by atoms with E-state index in [0.29, 0.717) is 0 Å². The molecule has 0 atom stereocenters. The van der Waals surface area contributed by atoms with Crippen molar-refractivity contribution in [3.05, 3.63) is 95.2 Å². The third-order valence-corrected chi connectivity index (χ3v) is 8.17. The average molecular weight is 521 g/mol. The highest BCUT2D eigenvalue weighted by Crippen LogP contribution is 2.44. The third kappa shape index (κ3) is 4.64. The number of aromatic nitrogens is 2. The zero-order valence-electron chi connectivity index (χ0n) is 22.7. The second kappa shape index (κ2) is 9.70. The molecule has 0 bridgehead atoms. The van der Waals surface area contributed by atoms with Crippen LogP contribution in [0.4, 0.5) is 4.79 Å². The van der Waals surface area contributed by atoms with E-state index >= 15 is 0 Å². The van der Waals surface area contributed by atoms with Crippen LogP contribution in [0.2, 0.25) is 0 Å². The molecule has 1 saturated heterocycles. The molecular weight excluding hydrogens is 489 g/mol. The van der Waals surface area contributed by atoms with E-state index in [1.165, 1.54) is 22.3 Å². The monoisotopic (exact) mass is 521 g/mol. The first-order valence-corrected chi connectivity index (χ1v) is 13.3. The lowest BCUT2D eigenvalue weighted by Gasteiger charge is -2.32. The summed E-state index contributed by atoms with van der Waals surface area (Å²) in [6, 6.07) is 20.5. The predicted molar refractivity (Wildman–Crippen MR) is 153 cm³/mol. The quantitative estimate of drug-likeness (QED) is 0.299. The van der Waals surface area contributed by atoms with Gasteiger partial charge in [-0.05, 0) is 73.1 Å². The first-order chi connectivity index (χ1) is 18.7. The molecule has 6 rings (SSSR count). The number of benzene rings is 2. The normalized spacial score (nSPS) is 17.7. The van der Waals surface area contributed by atoms with Gasteiger partial charge in [-0.3, -0.25) is 0 Å². The maximum Gasteiger partial charge on any atom is 0.492 e. The fourth-order valence-corrected chi connectivity index (χ4v) is 5.33. The Balaban J connectivity index is 1.20. The van der Waals surface area contributed by atoms with Crippen LogP contribution in [0.15, 0.2) is 78.5 Å². The number of carbonyl (C=O) groups is 1. The fraction of sp³-hybridized carbons (Fsp3) is 0.290. The summed E-state index contributed by atoms with van der Waals surface area (Å²) in [6.07, 6.45) is 5.13. The summed E-state index contributed by atoms with van der Waals surface area (Å²) in [4.78, 5) is 20.5. The molecule has 2 aromatic carbocycles. The number of amides is 1. The Bertz CT molecular complexity index is 1510. The standard InChI is InChI=1S/C31H32BN3O4/c1-30(2)31(3,4)39-32(38-30)21(17-20-13-15-33-28-22(20)14-16-34-28)18-35-29(36)37-19-27-25-11-7-5-9-23(25)24-10-6-8-12-26(24)27/h5-17,27H,18-19H2,1-4H3,(H,33,34)(H,35,36). The van der Waals surface area contributed by atoms with E-state index in [1.807, 2.05) is 76.4 Å². The summed E-state index contributed by atoms with van der Waals surface area (Å²) in [7, 11) is -0.619. The van der Waals surface area contributed by atoms with Gasteiger partial charge in [0.2, 0.25) is 0 Å². The van der Waals surface area contributed by atoms with E-state index in [2.05, 4.69) is 39.6 Å². The van der Waals surface area contributed by atoms with Gasteiger partial charge in [0.1, 0.15) is 12.3 Å². The first kappa shape index (κ1) is 25.4. The van der Waals surface area contributed by atoms with Gasteiger partial charge in [-0.15, -0.1) is 0 Å². The van der Waals surface area contributed by atoms with Gasteiger partial charge in [0.05, 0.1) is 11.2 Å². The Kier molecular flexibility index (Phi) is 6.32. The summed E-state index contributed by atoms with van der Waals surface area (Å²) < 4.78 is 18.4. The van der Waals surface area contributed by atoms with Crippen LogP contribution in [0.1, 0.15) is 50.3 Å². The summed E-state index contributed by atoms with van der Waals surface area (Å²) in [5.74, 6) is -0.0000434. The minimum absolute atomic E-state index is 0.0000434. The van der Waals surface area contributed by atoms with Gasteiger partial charge < -0.3 is 24.3 Å². The molecule has 39 heavy (non-hydrogen) atoms. The number of alkyl carbamates (subject to hydrolysis) is 1. The van der Waals surface area contributed by atoms with Gasteiger partial charge in [-0.2, -0.15) is 0 Å². The van der Waals surface area contributed by atoms with Gasteiger partial charge in [0, 0.05) is 30.2 Å². The highest BCUT2D eigenvalue weighted by Gasteiger charge is 2.52. The molecule has 1 amide bonds. The minimum Gasteiger partial charge on any atom is -0.449 e. The topological polar surface area (TPSA) is 85.5 Å². The number of carbonyl (C=O) groups excluding carboxylic acids is 1. The number of H-pyrrole nitrogens is 1. The van der Waals surface area contributed by atoms with Crippen LogP contribution in [-0.4, -0.2) is 47.5 Å². The first-order valence-electron chi connectivity index (χ1n) is 13.3. The number of fused-ring (bicyclic) bond motifs is 4. The number of nitrogens with one attached hydrogen (secondary N) is 2. The second-order valence-corrected chi connectivity index (χ2v) is 11.1. The molecule has 2 aromatic heterocycles. The van der Waals surface area contributed by atoms with Crippen LogP contribution in [0.25, 0.3) is 28.2 Å². The van der Waals surface area contributed by atoms with Crippen LogP contribution in [0.3, 0.4) is 0 Å². The number of ether oxygens (including phenoxy) is 1. The number of hydrogen-bond donors (Lipinski definition) is 2. The van der Waals surface area contributed by atoms with Crippen molar-refractivity contribution >= 4 is 30.3 Å². The molecule has 8 heteroatoms. The van der Waals surface area contributed by atoms with Gasteiger partial charge in [0.15, 0.2) is 0 Å². The Morgan fingerprint density at radius 1 is 1.00 bits per heavy atom. The highest BCUT2D eigenvalue weighted by molar-refractivity contribution is 6.56. The summed E-state index contributed by atoms with van der Waals surface area (Å²) in [6.45, 7) is 8.52. The molecule has 3 heterocycles. The number of aromatic amines is 1. The number of pyridine rings is 1. The lowest BCUT2D eigenvalue weighted by molar-refractivity contribution is 0.00578. The summed E-state index contributed by atoms with van der Waals surface area (Å²) in [5, 5.41) is 3.91. The maximum atomic E-state index is 13.0. The van der Waals surface area contributed by atoms with Crippen molar-refractivity contribution < 1.29 is 18.8 Å². The van der Waals surface area contributed by atoms with E-state index < -0.39 is 24.4 Å². The Labute approximate surface area is 228 Å². The SMILES string of the molecule is CC1(C)OB(C(=Cc2ccnc3[nH]ccc23)CNC(=O)OCC2c3ccccc3-c3ccccc32)OC1(C)C. The Hall–Kier alpha value is -3.88. The van der Waals surface area contributed by atoms with Crippen molar-refractivity contribution in [3.63, 3.8) is 0 Å². The molecule has 0 spiro atoms. The van der Waals surface area contributed by atoms with Crippen molar-refractivity contribution in [1.82, 2.24) is 15.3 Å². The van der Waals surface area contributed by atoms with Crippen LogP contribution in [-0.2, 0) is 14.0 Å². The molecule has 0 saturated carbocycles. The molecule has 7 nitrogen and oxygen atoms in total. The van der Waals surface area contributed by atoms with Crippen molar-refractivity contribution in [2.75, 3.05) is 13.2 Å². The van der Waals surface area contributed by atoms with E-state index in [1.54, 1.807) is 6.20 Å². The predicted octanol–water partition coefficient (Wildman–Crippen LogP) is 6.12. The van der Waals surface area contributed by atoms with Crippen molar-refractivity contribution in [2.24, 2.45) is 0 Å². The molecule has 0 radical (unpaired) electrons. The van der Waals surface area contributed by atoms with E-state index in [4.69, 9.17) is 14.0 Å². The van der Waals surface area contributed by atoms with Gasteiger partial charge in [0.25, 0.3) is 0 Å². The fourth-order valence-electron chi connectivity index (χ4n) is 5.33. The lowest BCUT2D eigenvalue weighted by atomic mass is 9.77. The molecule has 198 valence electrons. The number of rotatable bonds is 6. The lowest BCUT2D eigenvalue weighted by Crippen LogP contribution is -2.41. The number of hydrogen-bond acceptors (Lipinski definition) is 5. The van der Waals surface area contributed by atoms with Crippen molar-refractivity contribution in [3.8, 4) is 11.1 Å². The van der Waals surface area contributed by atoms with Crippen LogP contribution in [0, 0.1) is 0 Å². The molecule has 1 aliphatic heterocycles. The van der Waals surface area contributed by atoms with Crippen LogP contribution < -0.4 is 5.32 Å². The largest absolute Gasteiger partial charge is 0.492 e. The molecule has 2 N–H and O–H groups in total.